The zero-order valence-electron chi connectivity index (χ0n) is 10.5. The lowest BCUT2D eigenvalue weighted by Crippen LogP contribution is -2.28. The van der Waals surface area contributed by atoms with E-state index in [1.165, 1.54) is 12.1 Å². The van der Waals surface area contributed by atoms with Crippen LogP contribution in [0.2, 0.25) is 5.02 Å². The Balaban J connectivity index is 1.77. The summed E-state index contributed by atoms with van der Waals surface area (Å²) in [6.07, 6.45) is 1.54. The Morgan fingerprint density at radius 1 is 1.42 bits per heavy atom. The molecule has 19 heavy (non-hydrogen) atoms. The standard InChI is InChI=1S/C14H15ClFNO2/c1-10(8-17-9-12-3-2-6-18-12)19-11-4-5-13(15)14(16)7-11/h2-7,10,17H,8-9H2,1H3. The predicted molar refractivity (Wildman–Crippen MR) is 71.9 cm³/mol. The van der Waals surface area contributed by atoms with Crippen LogP contribution < -0.4 is 10.1 Å². The highest BCUT2D eigenvalue weighted by Gasteiger charge is 2.07. The molecule has 0 aliphatic carbocycles. The third-order valence-electron chi connectivity index (χ3n) is 2.54. The van der Waals surface area contributed by atoms with E-state index in [1.807, 2.05) is 19.1 Å². The number of benzene rings is 1. The van der Waals surface area contributed by atoms with Gasteiger partial charge in [0.05, 0.1) is 17.8 Å². The van der Waals surface area contributed by atoms with E-state index >= 15 is 0 Å². The molecule has 0 radical (unpaired) electrons. The average molecular weight is 284 g/mol. The topological polar surface area (TPSA) is 34.4 Å². The highest BCUT2D eigenvalue weighted by atomic mass is 35.5. The smallest absolute Gasteiger partial charge is 0.145 e. The summed E-state index contributed by atoms with van der Waals surface area (Å²) in [5.74, 6) is 0.855. The van der Waals surface area contributed by atoms with Crippen molar-refractivity contribution in [2.24, 2.45) is 0 Å². The molecular formula is C14H15ClFNO2. The summed E-state index contributed by atoms with van der Waals surface area (Å²) in [5, 5.41) is 3.29. The molecule has 0 aliphatic rings. The summed E-state index contributed by atoms with van der Waals surface area (Å²) < 4.78 is 24.0. The van der Waals surface area contributed by atoms with Gasteiger partial charge in [0, 0.05) is 12.6 Å². The number of furan rings is 1. The van der Waals surface area contributed by atoms with Crippen molar-refractivity contribution in [3.63, 3.8) is 0 Å². The lowest BCUT2D eigenvalue weighted by molar-refractivity contribution is 0.215. The van der Waals surface area contributed by atoms with Crippen LogP contribution in [0.25, 0.3) is 0 Å². The van der Waals surface area contributed by atoms with Crippen LogP contribution >= 0.6 is 11.6 Å². The Labute approximate surface area is 116 Å². The number of hydrogen-bond acceptors (Lipinski definition) is 3. The molecule has 5 heteroatoms. The number of halogens is 2. The quantitative estimate of drug-likeness (QED) is 0.879. The van der Waals surface area contributed by atoms with Crippen LogP contribution in [0.3, 0.4) is 0 Å². The first-order chi connectivity index (χ1) is 9.15. The van der Waals surface area contributed by atoms with Gasteiger partial charge in [0.15, 0.2) is 0 Å². The summed E-state index contributed by atoms with van der Waals surface area (Å²) in [6, 6.07) is 8.15. The fourth-order valence-electron chi connectivity index (χ4n) is 1.64. The van der Waals surface area contributed by atoms with Crippen LogP contribution in [0.1, 0.15) is 12.7 Å². The van der Waals surface area contributed by atoms with E-state index in [4.69, 9.17) is 20.8 Å². The van der Waals surface area contributed by atoms with Gasteiger partial charge in [0.1, 0.15) is 23.4 Å². The van der Waals surface area contributed by atoms with Crippen molar-refractivity contribution in [3.8, 4) is 5.75 Å². The summed E-state index contributed by atoms with van der Waals surface area (Å²) in [4.78, 5) is 0. The Morgan fingerprint density at radius 3 is 2.95 bits per heavy atom. The Bertz CT molecular complexity index is 516. The minimum Gasteiger partial charge on any atom is -0.489 e. The minimum absolute atomic E-state index is 0.0875. The van der Waals surface area contributed by atoms with Gasteiger partial charge in [-0.05, 0) is 31.2 Å². The van der Waals surface area contributed by atoms with Gasteiger partial charge in [-0.15, -0.1) is 0 Å². The van der Waals surface area contributed by atoms with E-state index in [-0.39, 0.29) is 11.1 Å². The lowest BCUT2D eigenvalue weighted by Gasteiger charge is -2.15. The molecule has 2 aromatic rings. The lowest BCUT2D eigenvalue weighted by atomic mass is 10.3. The van der Waals surface area contributed by atoms with Crippen LogP contribution in [-0.2, 0) is 6.54 Å². The molecule has 2 rings (SSSR count). The highest BCUT2D eigenvalue weighted by Crippen LogP contribution is 2.21. The van der Waals surface area contributed by atoms with E-state index in [1.54, 1.807) is 12.3 Å². The maximum Gasteiger partial charge on any atom is 0.145 e. The van der Waals surface area contributed by atoms with E-state index in [0.717, 1.165) is 5.76 Å². The maximum atomic E-state index is 13.2. The molecule has 0 spiro atoms. The van der Waals surface area contributed by atoms with Gasteiger partial charge in [0.25, 0.3) is 0 Å². The molecule has 0 saturated carbocycles. The molecule has 1 aromatic heterocycles. The maximum absolute atomic E-state index is 13.2. The first kappa shape index (κ1) is 13.9. The van der Waals surface area contributed by atoms with Crippen LogP contribution in [0, 0.1) is 5.82 Å². The molecule has 3 nitrogen and oxygen atoms in total. The second-order valence-corrected chi connectivity index (χ2v) is 4.62. The molecule has 1 aromatic carbocycles. The van der Waals surface area contributed by atoms with Crippen LogP contribution in [0.4, 0.5) is 4.39 Å². The van der Waals surface area contributed by atoms with Crippen molar-refractivity contribution in [2.45, 2.75) is 19.6 Å². The van der Waals surface area contributed by atoms with E-state index in [9.17, 15) is 4.39 Å². The number of hydrogen-bond donors (Lipinski definition) is 1. The third-order valence-corrected chi connectivity index (χ3v) is 2.85. The minimum atomic E-state index is -0.477. The molecule has 0 bridgehead atoms. The van der Waals surface area contributed by atoms with Gasteiger partial charge in [-0.1, -0.05) is 11.6 Å². The molecule has 0 fully saturated rings. The van der Waals surface area contributed by atoms with Gasteiger partial charge in [-0.2, -0.15) is 0 Å². The van der Waals surface area contributed by atoms with Crippen molar-refractivity contribution in [1.82, 2.24) is 5.32 Å². The molecule has 0 aliphatic heterocycles. The molecule has 0 saturated heterocycles. The average Bonchev–Trinajstić information content (AvgIpc) is 2.87. The number of ether oxygens (including phenoxy) is 1. The van der Waals surface area contributed by atoms with Gasteiger partial charge in [-0.25, -0.2) is 4.39 Å². The summed E-state index contributed by atoms with van der Waals surface area (Å²) in [5.41, 5.74) is 0. The summed E-state index contributed by atoms with van der Waals surface area (Å²) in [6.45, 7) is 3.17. The van der Waals surface area contributed by atoms with Crippen LogP contribution in [0.15, 0.2) is 41.0 Å². The summed E-state index contributed by atoms with van der Waals surface area (Å²) in [7, 11) is 0. The molecular weight excluding hydrogens is 269 g/mol. The summed E-state index contributed by atoms with van der Waals surface area (Å²) >= 11 is 5.60. The second-order valence-electron chi connectivity index (χ2n) is 4.21. The van der Waals surface area contributed by atoms with Crippen molar-refractivity contribution in [3.05, 3.63) is 53.2 Å². The Kier molecular flexibility index (Phi) is 4.82. The predicted octanol–water partition coefficient (Wildman–Crippen LogP) is 3.63. The first-order valence-electron chi connectivity index (χ1n) is 6.00. The molecule has 0 amide bonds. The molecule has 1 heterocycles. The van der Waals surface area contributed by atoms with Crippen molar-refractivity contribution in [1.29, 1.82) is 0 Å². The molecule has 1 atom stereocenters. The van der Waals surface area contributed by atoms with E-state index < -0.39 is 5.82 Å². The monoisotopic (exact) mass is 283 g/mol. The van der Waals surface area contributed by atoms with Crippen molar-refractivity contribution < 1.29 is 13.5 Å². The molecule has 1 N–H and O–H groups in total. The zero-order chi connectivity index (χ0) is 13.7. The SMILES string of the molecule is CC(CNCc1ccco1)Oc1ccc(Cl)c(F)c1. The first-order valence-corrected chi connectivity index (χ1v) is 6.38. The number of rotatable bonds is 6. The Morgan fingerprint density at radius 2 is 2.26 bits per heavy atom. The van der Waals surface area contributed by atoms with Gasteiger partial charge in [0.2, 0.25) is 0 Å². The van der Waals surface area contributed by atoms with E-state index in [2.05, 4.69) is 5.32 Å². The van der Waals surface area contributed by atoms with Gasteiger partial charge in [-0.3, -0.25) is 0 Å². The molecule has 1 unspecified atom stereocenters. The fourth-order valence-corrected chi connectivity index (χ4v) is 1.75. The molecule has 102 valence electrons. The fraction of sp³-hybridized carbons (Fsp3) is 0.286. The third kappa shape index (κ3) is 4.26. The van der Waals surface area contributed by atoms with Gasteiger partial charge >= 0.3 is 0 Å². The zero-order valence-corrected chi connectivity index (χ0v) is 11.3. The largest absolute Gasteiger partial charge is 0.489 e. The Hall–Kier alpha value is -1.52. The number of nitrogens with one attached hydrogen (secondary N) is 1. The van der Waals surface area contributed by atoms with Crippen LogP contribution in [0.5, 0.6) is 5.75 Å². The van der Waals surface area contributed by atoms with Gasteiger partial charge < -0.3 is 14.5 Å². The van der Waals surface area contributed by atoms with Crippen LogP contribution in [-0.4, -0.2) is 12.6 Å². The van der Waals surface area contributed by atoms with E-state index in [0.29, 0.717) is 18.8 Å². The van der Waals surface area contributed by atoms with Crippen molar-refractivity contribution in [2.75, 3.05) is 6.54 Å². The van der Waals surface area contributed by atoms with Crippen molar-refractivity contribution >= 4 is 11.6 Å². The highest BCUT2D eigenvalue weighted by molar-refractivity contribution is 6.30. The normalized spacial score (nSPS) is 12.4. The second kappa shape index (κ2) is 6.59.